The van der Waals surface area contributed by atoms with Crippen LogP contribution in [0, 0.1) is 12.7 Å². The topological polar surface area (TPSA) is 63.1 Å². The van der Waals surface area contributed by atoms with Crippen LogP contribution >= 0.6 is 23.1 Å². The van der Waals surface area contributed by atoms with Gasteiger partial charge in [-0.3, -0.25) is 0 Å². The fourth-order valence-electron chi connectivity index (χ4n) is 1.86. The maximum atomic E-state index is 13.4. The van der Waals surface area contributed by atoms with E-state index in [1.807, 2.05) is 12.3 Å². The lowest BCUT2D eigenvalue weighted by Gasteiger charge is -2.04. The largest absolute Gasteiger partial charge is 0.478 e. The molecule has 3 rings (SSSR count). The van der Waals surface area contributed by atoms with Crippen LogP contribution in [0.5, 0.6) is 0 Å². The van der Waals surface area contributed by atoms with Gasteiger partial charge in [0.2, 0.25) is 0 Å². The van der Waals surface area contributed by atoms with Crippen molar-refractivity contribution in [3.63, 3.8) is 0 Å². The molecule has 0 unspecified atom stereocenters. The van der Waals surface area contributed by atoms with E-state index < -0.39 is 11.8 Å². The number of halogens is 1. The summed E-state index contributed by atoms with van der Waals surface area (Å²) in [4.78, 5) is 20.1. The number of rotatable bonds is 3. The molecule has 0 aliphatic rings. The molecule has 0 saturated heterocycles. The molecule has 0 radical (unpaired) electrons. The molecule has 2 heterocycles. The Bertz CT molecular complexity index is 848. The summed E-state index contributed by atoms with van der Waals surface area (Å²) < 4.78 is 14.3. The molecule has 0 fully saturated rings. The summed E-state index contributed by atoms with van der Waals surface area (Å²) in [6.45, 7) is 1.97. The highest BCUT2D eigenvalue weighted by atomic mass is 32.2. The SMILES string of the molecule is Cc1csc2c(Sc3ccc(F)c(C(=O)O)c3)ncnc12. The first-order chi connectivity index (χ1) is 10.1. The first-order valence-corrected chi connectivity index (χ1v) is 7.65. The van der Waals surface area contributed by atoms with Crippen molar-refractivity contribution in [2.24, 2.45) is 0 Å². The van der Waals surface area contributed by atoms with Gasteiger partial charge in [-0.15, -0.1) is 11.3 Å². The summed E-state index contributed by atoms with van der Waals surface area (Å²) in [5, 5.41) is 11.7. The number of thiophene rings is 1. The van der Waals surface area contributed by atoms with Crippen LogP contribution < -0.4 is 0 Å². The van der Waals surface area contributed by atoms with Crippen LogP contribution in [0.4, 0.5) is 4.39 Å². The highest BCUT2D eigenvalue weighted by Gasteiger charge is 2.14. The number of carbonyl (C=O) groups is 1. The van der Waals surface area contributed by atoms with Crippen LogP contribution in [0.2, 0.25) is 0 Å². The molecule has 0 bridgehead atoms. The number of hydrogen-bond donors (Lipinski definition) is 1. The van der Waals surface area contributed by atoms with Crippen molar-refractivity contribution in [1.82, 2.24) is 9.97 Å². The van der Waals surface area contributed by atoms with Crippen LogP contribution in [-0.2, 0) is 0 Å². The average molecular weight is 320 g/mol. The van der Waals surface area contributed by atoms with E-state index in [4.69, 9.17) is 5.11 Å². The Kier molecular flexibility index (Phi) is 3.60. The Labute approximate surface area is 127 Å². The fourth-order valence-corrected chi connectivity index (χ4v) is 3.84. The van der Waals surface area contributed by atoms with Gasteiger partial charge in [0.1, 0.15) is 17.2 Å². The van der Waals surface area contributed by atoms with Gasteiger partial charge in [0.25, 0.3) is 0 Å². The Balaban J connectivity index is 2.03. The van der Waals surface area contributed by atoms with Gasteiger partial charge in [0, 0.05) is 4.90 Å². The minimum absolute atomic E-state index is 0.340. The summed E-state index contributed by atoms with van der Waals surface area (Å²) >= 11 is 2.84. The minimum Gasteiger partial charge on any atom is -0.478 e. The summed E-state index contributed by atoms with van der Waals surface area (Å²) in [5.41, 5.74) is 1.62. The number of carboxylic acid groups (broad SMARTS) is 1. The zero-order valence-electron chi connectivity index (χ0n) is 10.8. The molecule has 0 spiro atoms. The van der Waals surface area contributed by atoms with Gasteiger partial charge in [0.05, 0.1) is 15.8 Å². The first kappa shape index (κ1) is 14.0. The van der Waals surface area contributed by atoms with Crippen molar-refractivity contribution < 1.29 is 14.3 Å². The van der Waals surface area contributed by atoms with Gasteiger partial charge in [0.15, 0.2) is 0 Å². The summed E-state index contributed by atoms with van der Waals surface area (Å²) in [6, 6.07) is 4.02. The molecule has 0 aliphatic heterocycles. The number of benzene rings is 1. The van der Waals surface area contributed by atoms with Crippen LogP contribution in [0.1, 0.15) is 15.9 Å². The third-order valence-electron chi connectivity index (χ3n) is 2.88. The Morgan fingerprint density at radius 2 is 2.19 bits per heavy atom. The van der Waals surface area contributed by atoms with Gasteiger partial charge in [-0.2, -0.15) is 0 Å². The molecule has 2 aromatic heterocycles. The number of nitrogens with zero attached hydrogens (tertiary/aromatic N) is 2. The maximum Gasteiger partial charge on any atom is 0.338 e. The fraction of sp³-hybridized carbons (Fsp3) is 0.0714. The molecule has 1 N–H and O–H groups in total. The second-order valence-corrected chi connectivity index (χ2v) is 6.27. The highest BCUT2D eigenvalue weighted by molar-refractivity contribution is 7.99. The van der Waals surface area contributed by atoms with Gasteiger partial charge >= 0.3 is 5.97 Å². The quantitative estimate of drug-likeness (QED) is 0.739. The van der Waals surface area contributed by atoms with Crippen LogP contribution in [-0.4, -0.2) is 21.0 Å². The molecule has 4 nitrogen and oxygen atoms in total. The van der Waals surface area contributed by atoms with E-state index >= 15 is 0 Å². The predicted molar refractivity (Wildman–Crippen MR) is 79.6 cm³/mol. The minimum atomic E-state index is -1.28. The lowest BCUT2D eigenvalue weighted by molar-refractivity contribution is 0.0691. The molecular formula is C14H9FN2O2S2. The third kappa shape index (κ3) is 2.62. The second kappa shape index (κ2) is 5.42. The molecule has 0 amide bonds. The summed E-state index contributed by atoms with van der Waals surface area (Å²) in [7, 11) is 0. The van der Waals surface area contributed by atoms with E-state index in [1.165, 1.54) is 35.5 Å². The maximum absolute atomic E-state index is 13.4. The Morgan fingerprint density at radius 1 is 1.38 bits per heavy atom. The number of aromatic carboxylic acids is 1. The number of aryl methyl sites for hydroxylation is 1. The summed E-state index contributed by atoms with van der Waals surface area (Å²) in [5.74, 6) is -2.03. The molecular weight excluding hydrogens is 311 g/mol. The third-order valence-corrected chi connectivity index (χ3v) is 5.10. The zero-order chi connectivity index (χ0) is 15.0. The first-order valence-electron chi connectivity index (χ1n) is 5.96. The van der Waals surface area contributed by atoms with E-state index in [9.17, 15) is 9.18 Å². The smallest absolute Gasteiger partial charge is 0.338 e. The van der Waals surface area contributed by atoms with Gasteiger partial charge in [-0.1, -0.05) is 11.8 Å². The molecule has 0 atom stereocenters. The van der Waals surface area contributed by atoms with E-state index in [-0.39, 0.29) is 5.56 Å². The van der Waals surface area contributed by atoms with Crippen LogP contribution in [0.3, 0.4) is 0 Å². The lowest BCUT2D eigenvalue weighted by atomic mass is 10.2. The van der Waals surface area contributed by atoms with Crippen molar-refractivity contribution in [3.8, 4) is 0 Å². The molecule has 0 saturated carbocycles. The normalized spacial score (nSPS) is 11.0. The standard InChI is InChI=1S/C14H9FN2O2S2/c1-7-5-20-12-11(7)16-6-17-13(12)21-8-2-3-10(15)9(4-8)14(18)19/h2-6H,1H3,(H,18,19). The summed E-state index contributed by atoms with van der Waals surface area (Å²) in [6.07, 6.45) is 1.48. The number of fused-ring (bicyclic) bond motifs is 1. The van der Waals surface area contributed by atoms with Gasteiger partial charge in [-0.25, -0.2) is 19.2 Å². The second-order valence-electron chi connectivity index (χ2n) is 4.32. The van der Waals surface area contributed by atoms with Crippen LogP contribution in [0.25, 0.3) is 10.2 Å². The Morgan fingerprint density at radius 3 is 2.95 bits per heavy atom. The van der Waals surface area contributed by atoms with Crippen LogP contribution in [0.15, 0.2) is 39.8 Å². The molecule has 7 heteroatoms. The van der Waals surface area contributed by atoms with Crippen molar-refractivity contribution in [2.75, 3.05) is 0 Å². The van der Waals surface area contributed by atoms with Crippen molar-refractivity contribution >= 4 is 39.3 Å². The van der Waals surface area contributed by atoms with Gasteiger partial charge in [-0.05, 0) is 36.1 Å². The van der Waals surface area contributed by atoms with Crippen molar-refractivity contribution in [1.29, 1.82) is 0 Å². The average Bonchev–Trinajstić information content (AvgIpc) is 2.84. The molecule has 21 heavy (non-hydrogen) atoms. The molecule has 0 aliphatic carbocycles. The van der Waals surface area contributed by atoms with E-state index in [2.05, 4.69) is 9.97 Å². The van der Waals surface area contributed by atoms with Crippen molar-refractivity contribution in [2.45, 2.75) is 16.8 Å². The highest BCUT2D eigenvalue weighted by Crippen LogP contribution is 2.35. The number of aromatic nitrogens is 2. The van der Waals surface area contributed by atoms with E-state index in [0.29, 0.717) is 4.90 Å². The molecule has 1 aromatic carbocycles. The monoisotopic (exact) mass is 320 g/mol. The number of hydrogen-bond acceptors (Lipinski definition) is 5. The van der Waals surface area contributed by atoms with E-state index in [1.54, 1.807) is 6.07 Å². The number of carboxylic acids is 1. The van der Waals surface area contributed by atoms with Crippen molar-refractivity contribution in [3.05, 3.63) is 46.9 Å². The zero-order valence-corrected chi connectivity index (χ0v) is 12.5. The molecule has 3 aromatic rings. The Hall–Kier alpha value is -1.99. The van der Waals surface area contributed by atoms with Gasteiger partial charge < -0.3 is 5.11 Å². The lowest BCUT2D eigenvalue weighted by Crippen LogP contribution is -2.00. The molecule has 106 valence electrons. The predicted octanol–water partition coefficient (Wildman–Crippen LogP) is 3.99. The van der Waals surface area contributed by atoms with E-state index in [0.717, 1.165) is 26.9 Å².